The standard InChI is InChI=1S/C22H20F2N6OS/c23-16-6-7-18(25-8-16)22-13-30(20-26-9-17(24)10-27-20)11-15(22)12-32-21(29-22)28-19(31)14-4-2-1-3-5-14/h1-10,15,21,29H,11-13H2,(H,28,31). The van der Waals surface area contributed by atoms with Gasteiger partial charge >= 0.3 is 0 Å². The van der Waals surface area contributed by atoms with Crippen LogP contribution in [0.25, 0.3) is 0 Å². The second-order valence-electron chi connectivity index (χ2n) is 7.81. The largest absolute Gasteiger partial charge is 0.338 e. The Morgan fingerprint density at radius 3 is 2.53 bits per heavy atom. The number of hydrogen-bond donors (Lipinski definition) is 2. The van der Waals surface area contributed by atoms with Gasteiger partial charge in [-0.05, 0) is 24.3 Å². The van der Waals surface area contributed by atoms with E-state index >= 15 is 0 Å². The minimum atomic E-state index is -0.661. The van der Waals surface area contributed by atoms with Crippen LogP contribution in [0.5, 0.6) is 0 Å². The molecule has 2 aromatic heterocycles. The first-order valence-electron chi connectivity index (χ1n) is 10.1. The number of nitrogens with one attached hydrogen (secondary N) is 2. The molecular formula is C22H20F2N6OS. The van der Waals surface area contributed by atoms with Crippen LogP contribution < -0.4 is 15.5 Å². The van der Waals surface area contributed by atoms with E-state index in [0.29, 0.717) is 30.3 Å². The van der Waals surface area contributed by atoms with Gasteiger partial charge in [-0.3, -0.25) is 15.1 Å². The third kappa shape index (κ3) is 3.91. The van der Waals surface area contributed by atoms with Crippen LogP contribution in [0.15, 0.2) is 61.1 Å². The lowest BCUT2D eigenvalue weighted by Gasteiger charge is -2.42. The Kier molecular flexibility index (Phi) is 5.48. The smallest absolute Gasteiger partial charge is 0.253 e. The second kappa shape index (κ2) is 8.44. The zero-order valence-electron chi connectivity index (χ0n) is 16.9. The molecule has 0 bridgehead atoms. The number of aromatic nitrogens is 3. The molecular weight excluding hydrogens is 434 g/mol. The molecule has 2 aliphatic rings. The van der Waals surface area contributed by atoms with Crippen molar-refractivity contribution < 1.29 is 13.6 Å². The zero-order valence-corrected chi connectivity index (χ0v) is 17.7. The number of fused-ring (bicyclic) bond motifs is 1. The molecule has 4 heterocycles. The van der Waals surface area contributed by atoms with Crippen molar-refractivity contribution in [2.45, 2.75) is 11.0 Å². The number of nitrogens with zero attached hydrogens (tertiary/aromatic N) is 4. The molecule has 0 radical (unpaired) electrons. The Morgan fingerprint density at radius 2 is 1.81 bits per heavy atom. The minimum Gasteiger partial charge on any atom is -0.338 e. The Bertz CT molecular complexity index is 1100. The van der Waals surface area contributed by atoms with Crippen molar-refractivity contribution in [3.05, 3.63) is 83.9 Å². The lowest BCUT2D eigenvalue weighted by Crippen LogP contribution is -2.61. The van der Waals surface area contributed by atoms with Gasteiger partial charge in [0.25, 0.3) is 5.91 Å². The summed E-state index contributed by atoms with van der Waals surface area (Å²) >= 11 is 1.59. The Balaban J connectivity index is 1.43. The Morgan fingerprint density at radius 1 is 1.06 bits per heavy atom. The molecule has 3 unspecified atom stereocenters. The van der Waals surface area contributed by atoms with Gasteiger partial charge in [-0.1, -0.05) is 18.2 Å². The van der Waals surface area contributed by atoms with Crippen LogP contribution >= 0.6 is 11.8 Å². The van der Waals surface area contributed by atoms with Gasteiger partial charge in [0.15, 0.2) is 5.82 Å². The van der Waals surface area contributed by atoms with Crippen molar-refractivity contribution in [1.29, 1.82) is 0 Å². The predicted molar refractivity (Wildman–Crippen MR) is 117 cm³/mol. The van der Waals surface area contributed by atoms with Gasteiger partial charge < -0.3 is 10.2 Å². The van der Waals surface area contributed by atoms with Crippen LogP contribution in [0.2, 0.25) is 0 Å². The van der Waals surface area contributed by atoms with Gasteiger partial charge in [0, 0.05) is 30.3 Å². The van der Waals surface area contributed by atoms with Crippen molar-refractivity contribution in [3.63, 3.8) is 0 Å². The summed E-state index contributed by atoms with van der Waals surface area (Å²) < 4.78 is 26.9. The molecule has 3 atom stereocenters. The summed E-state index contributed by atoms with van der Waals surface area (Å²) in [5.41, 5.74) is 0.206. The number of hydrogen-bond acceptors (Lipinski definition) is 7. The third-order valence-electron chi connectivity index (χ3n) is 5.80. The highest BCUT2D eigenvalue weighted by Gasteiger charge is 2.53. The summed E-state index contributed by atoms with van der Waals surface area (Å²) in [6, 6.07) is 12.0. The average molecular weight is 455 g/mol. The molecule has 7 nitrogen and oxygen atoms in total. The van der Waals surface area contributed by atoms with Crippen molar-refractivity contribution in [1.82, 2.24) is 25.6 Å². The fourth-order valence-corrected chi connectivity index (χ4v) is 5.56. The van der Waals surface area contributed by atoms with Crippen molar-refractivity contribution in [2.75, 3.05) is 23.7 Å². The first-order chi connectivity index (χ1) is 15.5. The van der Waals surface area contributed by atoms with Gasteiger partial charge in [-0.25, -0.2) is 18.7 Å². The van der Waals surface area contributed by atoms with Crippen molar-refractivity contribution >= 4 is 23.6 Å². The summed E-state index contributed by atoms with van der Waals surface area (Å²) in [5.74, 6) is 0.120. The number of amides is 1. The second-order valence-corrected chi connectivity index (χ2v) is 8.95. The van der Waals surface area contributed by atoms with E-state index in [9.17, 15) is 13.6 Å². The average Bonchev–Trinajstić information content (AvgIpc) is 3.20. The van der Waals surface area contributed by atoms with E-state index in [0.717, 1.165) is 18.1 Å². The highest BCUT2D eigenvalue weighted by atomic mass is 32.2. The number of thioether (sulfide) groups is 1. The predicted octanol–water partition coefficient (Wildman–Crippen LogP) is 2.53. The van der Waals surface area contributed by atoms with Crippen LogP contribution in [-0.2, 0) is 5.54 Å². The number of halogens is 2. The Labute approximate surface area is 187 Å². The number of pyridine rings is 1. The molecule has 10 heteroatoms. The number of benzene rings is 1. The molecule has 2 fully saturated rings. The van der Waals surface area contributed by atoms with Crippen molar-refractivity contribution in [3.8, 4) is 0 Å². The van der Waals surface area contributed by atoms with Gasteiger partial charge in [0.1, 0.15) is 11.3 Å². The monoisotopic (exact) mass is 454 g/mol. The fraction of sp³-hybridized carbons (Fsp3) is 0.273. The summed E-state index contributed by atoms with van der Waals surface area (Å²) in [4.78, 5) is 27.3. The first kappa shape index (κ1) is 20.8. The number of rotatable bonds is 4. The fourth-order valence-electron chi connectivity index (χ4n) is 4.26. The molecule has 164 valence electrons. The van der Waals surface area contributed by atoms with E-state index in [-0.39, 0.29) is 17.3 Å². The summed E-state index contributed by atoms with van der Waals surface area (Å²) in [5, 5.41) is 6.58. The van der Waals surface area contributed by atoms with E-state index in [1.54, 1.807) is 30.0 Å². The molecule has 1 amide bonds. The van der Waals surface area contributed by atoms with Crippen LogP contribution in [0, 0.1) is 17.6 Å². The zero-order chi connectivity index (χ0) is 22.1. The topological polar surface area (TPSA) is 83.0 Å². The molecule has 0 aliphatic carbocycles. The molecule has 1 aromatic carbocycles. The number of carbonyl (C=O) groups is 1. The van der Waals surface area contributed by atoms with E-state index in [4.69, 9.17) is 0 Å². The maximum absolute atomic E-state index is 13.6. The molecule has 2 aliphatic heterocycles. The van der Waals surface area contributed by atoms with Gasteiger partial charge in [0.05, 0.1) is 29.8 Å². The van der Waals surface area contributed by atoms with Gasteiger partial charge in [-0.2, -0.15) is 0 Å². The Hall–Kier alpha value is -3.11. The van der Waals surface area contributed by atoms with Gasteiger partial charge in [-0.15, -0.1) is 11.8 Å². The van der Waals surface area contributed by atoms with Gasteiger partial charge in [0.2, 0.25) is 5.95 Å². The van der Waals surface area contributed by atoms with E-state index in [2.05, 4.69) is 25.6 Å². The SMILES string of the molecule is O=C(NC1NC2(c3ccc(F)cn3)CN(c3ncc(F)cn3)CC2CS1)c1ccccc1. The van der Waals surface area contributed by atoms with Crippen LogP contribution in [0.1, 0.15) is 16.1 Å². The summed E-state index contributed by atoms with van der Waals surface area (Å²) in [6.07, 6.45) is 3.47. The van der Waals surface area contributed by atoms with Crippen LogP contribution in [0.4, 0.5) is 14.7 Å². The third-order valence-corrected chi connectivity index (χ3v) is 6.97. The highest BCUT2D eigenvalue weighted by molar-refractivity contribution is 7.99. The molecule has 2 saturated heterocycles. The summed E-state index contributed by atoms with van der Waals surface area (Å²) in [7, 11) is 0. The number of carbonyl (C=O) groups excluding carboxylic acids is 1. The van der Waals surface area contributed by atoms with Crippen molar-refractivity contribution in [2.24, 2.45) is 5.92 Å². The minimum absolute atomic E-state index is 0.0870. The van der Waals surface area contributed by atoms with Crippen LogP contribution in [-0.4, -0.2) is 45.2 Å². The van der Waals surface area contributed by atoms with E-state index < -0.39 is 17.2 Å². The lowest BCUT2D eigenvalue weighted by atomic mass is 9.84. The molecule has 5 rings (SSSR count). The highest BCUT2D eigenvalue weighted by Crippen LogP contribution is 2.43. The quantitative estimate of drug-likeness (QED) is 0.627. The maximum Gasteiger partial charge on any atom is 0.253 e. The molecule has 3 aromatic rings. The maximum atomic E-state index is 13.6. The molecule has 0 saturated carbocycles. The summed E-state index contributed by atoms with van der Waals surface area (Å²) in [6.45, 7) is 1.06. The molecule has 32 heavy (non-hydrogen) atoms. The molecule has 2 N–H and O–H groups in total. The van der Waals surface area contributed by atoms with Crippen LogP contribution in [0.3, 0.4) is 0 Å². The first-order valence-corrected chi connectivity index (χ1v) is 11.2. The molecule has 0 spiro atoms. The van der Waals surface area contributed by atoms with E-state index in [1.165, 1.54) is 12.3 Å². The normalized spacial score (nSPS) is 24.8. The van der Waals surface area contributed by atoms with E-state index in [1.807, 2.05) is 23.1 Å². The number of anilines is 1. The lowest BCUT2D eigenvalue weighted by molar-refractivity contribution is 0.0933.